The van der Waals surface area contributed by atoms with Crippen molar-refractivity contribution in [2.24, 2.45) is 7.05 Å². The van der Waals surface area contributed by atoms with Gasteiger partial charge in [-0.15, -0.1) is 11.3 Å². The number of anilines is 1. The van der Waals surface area contributed by atoms with Crippen LogP contribution in [0.2, 0.25) is 0 Å². The monoisotopic (exact) mass is 335 g/mol. The maximum atomic E-state index is 12.2. The summed E-state index contributed by atoms with van der Waals surface area (Å²) in [5.74, 6) is -1.38. The van der Waals surface area contributed by atoms with Crippen molar-refractivity contribution in [2.45, 2.75) is 40.2 Å². The van der Waals surface area contributed by atoms with Gasteiger partial charge in [-0.1, -0.05) is 6.92 Å². The van der Waals surface area contributed by atoms with E-state index in [1.807, 2.05) is 34.7 Å². The lowest BCUT2D eigenvalue weighted by atomic mass is 10.0. The number of nitrogens with zero attached hydrogens (tertiary/aromatic N) is 3. The molecule has 7 nitrogen and oxygen atoms in total. The molecular weight excluding hydrogens is 314 g/mol. The minimum Gasteiger partial charge on any atom is -0.341 e. The van der Waals surface area contributed by atoms with E-state index in [1.165, 1.54) is 11.3 Å². The maximum absolute atomic E-state index is 12.2. The number of hydrogen-bond acceptors (Lipinski definition) is 5. The Bertz CT molecular complexity index is 734. The molecule has 124 valence electrons. The van der Waals surface area contributed by atoms with Crippen molar-refractivity contribution < 1.29 is 9.59 Å². The summed E-state index contributed by atoms with van der Waals surface area (Å²) in [6, 6.07) is -0.250. The van der Waals surface area contributed by atoms with Gasteiger partial charge < -0.3 is 5.32 Å². The highest BCUT2D eigenvalue weighted by Crippen LogP contribution is 2.23. The van der Waals surface area contributed by atoms with Gasteiger partial charge in [0.2, 0.25) is 0 Å². The second-order valence-electron chi connectivity index (χ2n) is 5.37. The quantitative estimate of drug-likeness (QED) is 0.837. The zero-order valence-electron chi connectivity index (χ0n) is 13.9. The van der Waals surface area contributed by atoms with Crippen LogP contribution in [0.3, 0.4) is 0 Å². The number of hydrogen-bond donors (Lipinski definition) is 2. The average molecular weight is 335 g/mol. The third-order valence-corrected chi connectivity index (χ3v) is 4.50. The summed E-state index contributed by atoms with van der Waals surface area (Å²) in [6.07, 6.45) is 2.32. The molecule has 1 atom stereocenters. The molecule has 2 N–H and O–H groups in total. The normalized spacial score (nSPS) is 12.0. The zero-order valence-corrected chi connectivity index (χ0v) is 14.7. The van der Waals surface area contributed by atoms with Gasteiger partial charge >= 0.3 is 11.8 Å². The van der Waals surface area contributed by atoms with E-state index in [9.17, 15) is 9.59 Å². The third-order valence-electron chi connectivity index (χ3n) is 3.67. The maximum Gasteiger partial charge on any atom is 0.315 e. The van der Waals surface area contributed by atoms with Gasteiger partial charge in [-0.25, -0.2) is 4.98 Å². The molecule has 0 fully saturated rings. The summed E-state index contributed by atoms with van der Waals surface area (Å²) >= 11 is 1.33. The van der Waals surface area contributed by atoms with Gasteiger partial charge in [-0.2, -0.15) is 5.10 Å². The number of carbonyl (C=O) groups is 2. The topological polar surface area (TPSA) is 88.9 Å². The molecule has 2 aromatic heterocycles. The fourth-order valence-corrected chi connectivity index (χ4v) is 3.12. The molecule has 0 saturated carbocycles. The van der Waals surface area contributed by atoms with Gasteiger partial charge in [-0.3, -0.25) is 19.6 Å². The van der Waals surface area contributed by atoms with Crippen LogP contribution in [0.25, 0.3) is 0 Å². The van der Waals surface area contributed by atoms with Crippen molar-refractivity contribution >= 4 is 28.3 Å². The van der Waals surface area contributed by atoms with E-state index in [0.717, 1.165) is 21.8 Å². The molecule has 1 unspecified atom stereocenters. The Labute approximate surface area is 139 Å². The van der Waals surface area contributed by atoms with Gasteiger partial charge in [-0.05, 0) is 27.2 Å². The van der Waals surface area contributed by atoms with Gasteiger partial charge in [0.15, 0.2) is 5.13 Å². The van der Waals surface area contributed by atoms with Crippen LogP contribution < -0.4 is 10.6 Å². The zero-order chi connectivity index (χ0) is 17.1. The first-order valence-electron chi connectivity index (χ1n) is 7.37. The standard InChI is InChI=1S/C15H21N5O2S/c1-6-11(12-9(3)19-20(5)10(12)4)17-13(21)14(22)18-15-16-7-8(2)23-15/h7,11H,6H2,1-5H3,(H,17,21)(H,16,18,22). The Morgan fingerprint density at radius 3 is 2.48 bits per heavy atom. The van der Waals surface area contributed by atoms with Crippen molar-refractivity contribution in [3.8, 4) is 0 Å². The van der Waals surface area contributed by atoms with Crippen LogP contribution in [-0.2, 0) is 16.6 Å². The number of aromatic nitrogens is 3. The van der Waals surface area contributed by atoms with Crippen LogP contribution in [0.15, 0.2) is 6.20 Å². The van der Waals surface area contributed by atoms with Crippen LogP contribution >= 0.6 is 11.3 Å². The molecule has 0 spiro atoms. The highest BCUT2D eigenvalue weighted by molar-refractivity contribution is 7.15. The molecule has 0 aliphatic heterocycles. The minimum absolute atomic E-state index is 0.250. The number of carbonyl (C=O) groups excluding carboxylic acids is 2. The minimum atomic E-state index is -0.711. The highest BCUT2D eigenvalue weighted by Gasteiger charge is 2.24. The van der Waals surface area contributed by atoms with Crippen molar-refractivity contribution in [2.75, 3.05) is 5.32 Å². The van der Waals surface area contributed by atoms with Crippen LogP contribution in [0.5, 0.6) is 0 Å². The van der Waals surface area contributed by atoms with Gasteiger partial charge in [0.25, 0.3) is 0 Å². The summed E-state index contributed by atoms with van der Waals surface area (Å²) in [5.41, 5.74) is 2.79. The predicted octanol–water partition coefficient (Wildman–Crippen LogP) is 2.01. The summed E-state index contributed by atoms with van der Waals surface area (Å²) in [4.78, 5) is 29.1. The number of aryl methyl sites for hydroxylation is 3. The van der Waals surface area contributed by atoms with Crippen LogP contribution in [0.1, 0.15) is 41.2 Å². The van der Waals surface area contributed by atoms with Crippen LogP contribution in [0, 0.1) is 20.8 Å². The van der Waals surface area contributed by atoms with E-state index < -0.39 is 11.8 Å². The van der Waals surface area contributed by atoms with Gasteiger partial charge in [0.05, 0.1) is 11.7 Å². The number of thiazole rings is 1. The van der Waals surface area contributed by atoms with Gasteiger partial charge in [0, 0.05) is 29.4 Å². The largest absolute Gasteiger partial charge is 0.341 e. The van der Waals surface area contributed by atoms with E-state index in [-0.39, 0.29) is 6.04 Å². The lowest BCUT2D eigenvalue weighted by Gasteiger charge is -2.17. The van der Waals surface area contributed by atoms with E-state index in [4.69, 9.17) is 0 Å². The molecule has 0 aliphatic rings. The first-order valence-corrected chi connectivity index (χ1v) is 8.19. The first-order chi connectivity index (χ1) is 10.8. The lowest BCUT2D eigenvalue weighted by Crippen LogP contribution is -2.38. The summed E-state index contributed by atoms with van der Waals surface area (Å²) in [6.45, 7) is 7.69. The molecule has 2 aromatic rings. The second-order valence-corrected chi connectivity index (χ2v) is 6.61. The lowest BCUT2D eigenvalue weighted by molar-refractivity contribution is -0.136. The van der Waals surface area contributed by atoms with Crippen molar-refractivity contribution in [3.05, 3.63) is 28.0 Å². The van der Waals surface area contributed by atoms with E-state index in [1.54, 1.807) is 10.9 Å². The molecule has 2 heterocycles. The second kappa shape index (κ2) is 6.91. The summed E-state index contributed by atoms with van der Waals surface area (Å²) in [7, 11) is 1.86. The van der Waals surface area contributed by atoms with Crippen LogP contribution in [-0.4, -0.2) is 26.6 Å². The van der Waals surface area contributed by atoms with E-state index in [2.05, 4.69) is 20.7 Å². The number of nitrogens with one attached hydrogen (secondary N) is 2. The van der Waals surface area contributed by atoms with Crippen molar-refractivity contribution in [1.29, 1.82) is 0 Å². The molecule has 0 bridgehead atoms. The van der Waals surface area contributed by atoms with E-state index >= 15 is 0 Å². The summed E-state index contributed by atoms with van der Waals surface area (Å²) < 4.78 is 1.78. The Kier molecular flexibility index (Phi) is 5.15. The molecule has 0 aliphatic carbocycles. The fraction of sp³-hybridized carbons (Fsp3) is 0.467. The molecule has 2 amide bonds. The van der Waals surface area contributed by atoms with Crippen molar-refractivity contribution in [1.82, 2.24) is 20.1 Å². The molecule has 0 radical (unpaired) electrons. The molecule has 8 heteroatoms. The van der Waals surface area contributed by atoms with Crippen LogP contribution in [0.4, 0.5) is 5.13 Å². The van der Waals surface area contributed by atoms with Crippen molar-refractivity contribution in [3.63, 3.8) is 0 Å². The Balaban J connectivity index is 2.09. The summed E-state index contributed by atoms with van der Waals surface area (Å²) in [5, 5.41) is 10.1. The predicted molar refractivity (Wildman–Crippen MR) is 89.3 cm³/mol. The number of rotatable bonds is 4. The molecule has 23 heavy (non-hydrogen) atoms. The first kappa shape index (κ1) is 17.1. The Morgan fingerprint density at radius 2 is 2.00 bits per heavy atom. The molecule has 2 rings (SSSR count). The molecular formula is C15H21N5O2S. The van der Waals surface area contributed by atoms with E-state index in [0.29, 0.717) is 11.6 Å². The average Bonchev–Trinajstić information content (AvgIpc) is 3.00. The molecule has 0 aromatic carbocycles. The SMILES string of the molecule is CCC(NC(=O)C(=O)Nc1ncc(C)s1)c1c(C)nn(C)c1C. The number of amides is 2. The highest BCUT2D eigenvalue weighted by atomic mass is 32.1. The molecule has 0 saturated heterocycles. The van der Waals surface area contributed by atoms with Gasteiger partial charge in [0.1, 0.15) is 0 Å². The fourth-order valence-electron chi connectivity index (χ4n) is 2.46. The Hall–Kier alpha value is -2.22. The third kappa shape index (κ3) is 3.76. The smallest absolute Gasteiger partial charge is 0.315 e. The Morgan fingerprint density at radius 1 is 1.30 bits per heavy atom.